The largest absolute Gasteiger partial charge is 0.384 e. The van der Waals surface area contributed by atoms with Crippen LogP contribution in [0.2, 0.25) is 0 Å². The van der Waals surface area contributed by atoms with Crippen LogP contribution in [0.3, 0.4) is 0 Å². The summed E-state index contributed by atoms with van der Waals surface area (Å²) in [5.74, 6) is 0.544. The number of ether oxygens (including phenoxy) is 2. The summed E-state index contributed by atoms with van der Waals surface area (Å²) in [4.78, 5) is 6.45. The van der Waals surface area contributed by atoms with Gasteiger partial charge in [-0.3, -0.25) is 0 Å². The van der Waals surface area contributed by atoms with Gasteiger partial charge in [-0.15, -0.1) is 0 Å². The van der Waals surface area contributed by atoms with Crippen LogP contribution in [-0.2, 0) is 16.0 Å². The lowest BCUT2D eigenvalue weighted by Gasteiger charge is -2.25. The van der Waals surface area contributed by atoms with E-state index in [9.17, 15) is 0 Å². The zero-order chi connectivity index (χ0) is 12.3. The number of pyridine rings is 1. The maximum atomic E-state index is 5.73. The van der Waals surface area contributed by atoms with Crippen molar-refractivity contribution in [1.82, 2.24) is 9.88 Å². The van der Waals surface area contributed by atoms with Gasteiger partial charge in [0.2, 0.25) is 0 Å². The molecule has 0 saturated carbocycles. The minimum absolute atomic E-state index is 0.0215. The first-order valence-corrected chi connectivity index (χ1v) is 5.76. The molecule has 1 aromatic heterocycles. The molecule has 0 radical (unpaired) electrons. The number of hydrogen-bond acceptors (Lipinski definition) is 5. The van der Waals surface area contributed by atoms with Gasteiger partial charge in [0.25, 0.3) is 0 Å². The summed E-state index contributed by atoms with van der Waals surface area (Å²) < 4.78 is 11.1. The van der Waals surface area contributed by atoms with Gasteiger partial charge < -0.3 is 20.1 Å². The molecule has 2 N–H and O–H groups in total. The smallest absolute Gasteiger partial charge is 0.123 e. The van der Waals surface area contributed by atoms with Gasteiger partial charge in [-0.2, -0.15) is 0 Å². The number of nitrogens with two attached hydrogens (primary N) is 1. The van der Waals surface area contributed by atoms with Crippen molar-refractivity contribution in [2.75, 3.05) is 39.6 Å². The molecule has 0 aromatic carbocycles. The Hall–Kier alpha value is -1.17. The zero-order valence-electron chi connectivity index (χ0n) is 10.3. The van der Waals surface area contributed by atoms with E-state index in [4.69, 9.17) is 15.2 Å². The van der Waals surface area contributed by atoms with Gasteiger partial charge in [-0.1, -0.05) is 6.07 Å². The minimum Gasteiger partial charge on any atom is -0.384 e. The fourth-order valence-electron chi connectivity index (χ4n) is 1.92. The quantitative estimate of drug-likeness (QED) is 0.843. The molecule has 94 valence electrons. The molecule has 1 unspecified atom stereocenters. The molecule has 0 aliphatic carbocycles. The third-order valence-corrected chi connectivity index (χ3v) is 2.66. The lowest BCUT2D eigenvalue weighted by atomic mass is 10.1. The summed E-state index contributed by atoms with van der Waals surface area (Å²) in [6.07, 6.45) is -0.0215. The Morgan fingerprint density at radius 3 is 2.88 bits per heavy atom. The lowest BCUT2D eigenvalue weighted by Crippen LogP contribution is -2.24. The second-order valence-corrected chi connectivity index (χ2v) is 4.44. The lowest BCUT2D eigenvalue weighted by molar-refractivity contribution is -0.0907. The number of aromatic nitrogens is 1. The van der Waals surface area contributed by atoms with Gasteiger partial charge in [0, 0.05) is 12.1 Å². The van der Waals surface area contributed by atoms with E-state index in [1.807, 2.05) is 26.2 Å². The Balaban J connectivity index is 2.24. The van der Waals surface area contributed by atoms with Crippen molar-refractivity contribution in [3.05, 3.63) is 23.4 Å². The highest BCUT2D eigenvalue weighted by molar-refractivity contribution is 5.35. The van der Waals surface area contributed by atoms with Crippen molar-refractivity contribution in [2.24, 2.45) is 0 Å². The number of rotatable bonds is 3. The van der Waals surface area contributed by atoms with E-state index in [-0.39, 0.29) is 6.10 Å². The molecule has 1 saturated heterocycles. The van der Waals surface area contributed by atoms with Crippen molar-refractivity contribution in [1.29, 1.82) is 0 Å². The third-order valence-electron chi connectivity index (χ3n) is 2.66. The Labute approximate surface area is 102 Å². The molecule has 1 atom stereocenters. The molecule has 5 heteroatoms. The molecule has 17 heavy (non-hydrogen) atoms. The summed E-state index contributed by atoms with van der Waals surface area (Å²) >= 11 is 0. The van der Waals surface area contributed by atoms with Crippen molar-refractivity contribution in [3.63, 3.8) is 0 Å². The molecular formula is C12H19N3O2. The fraction of sp³-hybridized carbons (Fsp3) is 0.583. The van der Waals surface area contributed by atoms with Crippen molar-refractivity contribution >= 4 is 5.82 Å². The van der Waals surface area contributed by atoms with Crippen LogP contribution < -0.4 is 5.73 Å². The van der Waals surface area contributed by atoms with Crippen molar-refractivity contribution in [2.45, 2.75) is 12.6 Å². The van der Waals surface area contributed by atoms with Gasteiger partial charge >= 0.3 is 0 Å². The zero-order valence-corrected chi connectivity index (χ0v) is 10.3. The number of hydrogen-bond donors (Lipinski definition) is 1. The van der Waals surface area contributed by atoms with E-state index in [1.165, 1.54) is 0 Å². The molecule has 0 bridgehead atoms. The van der Waals surface area contributed by atoms with Crippen molar-refractivity contribution in [3.8, 4) is 0 Å². The number of anilines is 1. The minimum atomic E-state index is -0.0215. The van der Waals surface area contributed by atoms with Crippen LogP contribution in [0.1, 0.15) is 17.4 Å². The Kier molecular flexibility index (Phi) is 3.93. The average Bonchev–Trinajstić information content (AvgIpc) is 2.29. The molecule has 2 heterocycles. The molecule has 1 aliphatic heterocycles. The van der Waals surface area contributed by atoms with Gasteiger partial charge in [0.05, 0.1) is 25.5 Å². The second-order valence-electron chi connectivity index (χ2n) is 4.44. The molecule has 5 nitrogen and oxygen atoms in total. The average molecular weight is 237 g/mol. The highest BCUT2D eigenvalue weighted by Crippen LogP contribution is 2.24. The van der Waals surface area contributed by atoms with E-state index >= 15 is 0 Å². The summed E-state index contributed by atoms with van der Waals surface area (Å²) in [6.45, 7) is 2.64. The van der Waals surface area contributed by atoms with Crippen LogP contribution in [0.25, 0.3) is 0 Å². The molecule has 1 fully saturated rings. The van der Waals surface area contributed by atoms with E-state index in [1.54, 1.807) is 0 Å². The molecule has 1 aromatic rings. The van der Waals surface area contributed by atoms with Crippen LogP contribution in [-0.4, -0.2) is 43.8 Å². The summed E-state index contributed by atoms with van der Waals surface area (Å²) in [7, 11) is 4.01. The van der Waals surface area contributed by atoms with Crippen LogP contribution in [0, 0.1) is 0 Å². The Morgan fingerprint density at radius 1 is 1.41 bits per heavy atom. The first-order chi connectivity index (χ1) is 8.16. The number of nitrogens with zero attached hydrogens (tertiary/aromatic N) is 2. The van der Waals surface area contributed by atoms with Crippen LogP contribution >= 0.6 is 0 Å². The van der Waals surface area contributed by atoms with Gasteiger partial charge in [0.15, 0.2) is 0 Å². The van der Waals surface area contributed by atoms with E-state index in [2.05, 4.69) is 9.88 Å². The Morgan fingerprint density at radius 2 is 2.24 bits per heavy atom. The SMILES string of the molecule is CN(C)Cc1nc(N)ccc1C1COCCO1. The molecule has 2 rings (SSSR count). The van der Waals surface area contributed by atoms with Crippen LogP contribution in [0.4, 0.5) is 5.82 Å². The molecule has 0 amide bonds. The predicted molar refractivity (Wildman–Crippen MR) is 65.6 cm³/mol. The van der Waals surface area contributed by atoms with Gasteiger partial charge in [-0.25, -0.2) is 4.98 Å². The van der Waals surface area contributed by atoms with Crippen molar-refractivity contribution < 1.29 is 9.47 Å². The predicted octanol–water partition coefficient (Wildman–Crippen LogP) is 0.813. The van der Waals surface area contributed by atoms with Crippen LogP contribution in [0.5, 0.6) is 0 Å². The summed E-state index contributed by atoms with van der Waals surface area (Å²) in [6, 6.07) is 3.80. The van der Waals surface area contributed by atoms with E-state index in [0.29, 0.717) is 25.6 Å². The monoisotopic (exact) mass is 237 g/mol. The van der Waals surface area contributed by atoms with Crippen LogP contribution in [0.15, 0.2) is 12.1 Å². The standard InChI is InChI=1S/C12H19N3O2/c1-15(2)7-10-9(3-4-12(13)14-10)11-8-16-5-6-17-11/h3-4,11H,5-8H2,1-2H3,(H2,13,14). The number of nitrogen functional groups attached to an aromatic ring is 1. The maximum absolute atomic E-state index is 5.73. The van der Waals surface area contributed by atoms with Gasteiger partial charge in [-0.05, 0) is 20.2 Å². The topological polar surface area (TPSA) is 60.6 Å². The second kappa shape index (κ2) is 5.44. The molecule has 0 spiro atoms. The Bertz CT molecular complexity index is 376. The van der Waals surface area contributed by atoms with Gasteiger partial charge in [0.1, 0.15) is 11.9 Å². The normalized spacial score (nSPS) is 20.8. The van der Waals surface area contributed by atoms with E-state index < -0.39 is 0 Å². The first kappa shape index (κ1) is 12.3. The molecular weight excluding hydrogens is 218 g/mol. The fourth-order valence-corrected chi connectivity index (χ4v) is 1.92. The molecule has 1 aliphatic rings. The summed E-state index contributed by atoms with van der Waals surface area (Å²) in [5, 5.41) is 0. The first-order valence-electron chi connectivity index (χ1n) is 5.76. The highest BCUT2D eigenvalue weighted by atomic mass is 16.6. The highest BCUT2D eigenvalue weighted by Gasteiger charge is 2.20. The summed E-state index contributed by atoms with van der Waals surface area (Å²) in [5.41, 5.74) is 7.77. The maximum Gasteiger partial charge on any atom is 0.123 e. The third kappa shape index (κ3) is 3.15. The van der Waals surface area contributed by atoms with E-state index in [0.717, 1.165) is 17.8 Å².